The van der Waals surface area contributed by atoms with Crippen LogP contribution in [0.15, 0.2) is 48.0 Å². The number of hydrogen-bond acceptors (Lipinski definition) is 10. The van der Waals surface area contributed by atoms with E-state index in [0.717, 1.165) is 42.9 Å². The molecule has 2 aliphatic heterocycles. The monoisotopic (exact) mass is 757 g/mol. The lowest BCUT2D eigenvalue weighted by Gasteiger charge is -2.56. The molecule has 6 rings (SSSR count). The second-order valence-corrected chi connectivity index (χ2v) is 15.9. The van der Waals surface area contributed by atoms with E-state index in [4.69, 9.17) is 37.8 Å². The van der Waals surface area contributed by atoms with E-state index in [2.05, 4.69) is 11.4 Å². The number of rotatable bonds is 8. The Morgan fingerprint density at radius 1 is 1.13 bits per heavy atom. The lowest BCUT2D eigenvalue weighted by Crippen LogP contribution is -2.62. The number of aliphatic hydroxyl groups is 2. The quantitative estimate of drug-likeness (QED) is 0.163. The normalized spacial score (nSPS) is 31.4. The van der Waals surface area contributed by atoms with Crippen molar-refractivity contribution in [2.45, 2.75) is 103 Å². The van der Waals surface area contributed by atoms with Gasteiger partial charge < -0.3 is 15.1 Å². The van der Waals surface area contributed by atoms with E-state index in [-0.39, 0.29) is 23.7 Å². The Morgan fingerprint density at radius 2 is 1.87 bits per heavy atom. The molecule has 9 atom stereocenters. The second kappa shape index (κ2) is 14.9. The van der Waals surface area contributed by atoms with Crippen molar-refractivity contribution < 1.29 is 39.2 Å². The van der Waals surface area contributed by atoms with Gasteiger partial charge in [-0.25, -0.2) is 19.4 Å². The average molecular weight is 759 g/mol. The van der Waals surface area contributed by atoms with Crippen LogP contribution in [0.3, 0.4) is 0 Å². The minimum atomic E-state index is -1.92. The van der Waals surface area contributed by atoms with E-state index >= 15 is 0 Å². The van der Waals surface area contributed by atoms with Crippen LogP contribution in [0.1, 0.15) is 89.3 Å². The topological polar surface area (TPSA) is 138 Å². The van der Waals surface area contributed by atoms with Gasteiger partial charge in [0.15, 0.2) is 6.23 Å². The lowest BCUT2D eigenvalue weighted by atomic mass is 9.53. The van der Waals surface area contributed by atoms with Gasteiger partial charge in [0.25, 0.3) is 0 Å². The number of halogens is 2. The zero-order chi connectivity index (χ0) is 37.7. The maximum absolute atomic E-state index is 13.8. The number of anilines is 1. The molecule has 52 heavy (non-hydrogen) atoms. The average Bonchev–Trinajstić information content (AvgIpc) is 3.40. The van der Waals surface area contributed by atoms with E-state index in [9.17, 15) is 24.6 Å². The number of carbonyl (C=O) groups excluding carboxylic acids is 3. The predicted octanol–water partition coefficient (Wildman–Crippen LogP) is 6.17. The molecule has 2 unspecified atom stereocenters. The van der Waals surface area contributed by atoms with Gasteiger partial charge in [-0.3, -0.25) is 20.0 Å². The molecule has 0 aromatic heterocycles. The van der Waals surface area contributed by atoms with E-state index < -0.39 is 47.2 Å². The van der Waals surface area contributed by atoms with Crippen molar-refractivity contribution in [3.8, 4) is 0 Å². The second-order valence-electron chi connectivity index (χ2n) is 15.1. The van der Waals surface area contributed by atoms with Gasteiger partial charge in [0.2, 0.25) is 5.91 Å². The standard InChI is InChI=1S/C39H49Cl2N3O8/c1-7-32(46)44(20-25-12-8-9-14-30(25)40)19-22(3)26-17-29-35(31(41)18-26)43(6)50-37-39(29,49)33(34(42-37)36(47)52-51-24(5)45)28-16-21(2)15-27-13-10-11-23(4)38(27,28)48/h8-9,12,14-15,17-18,22-23,27-28,33-34,37,42,48-49H,7,10-11,13,16,19-20H2,1-6H3/t22?,23-,27+,28+,33+,34-,37?,38-,39+/m1/s1. The highest BCUT2D eigenvalue weighted by Crippen LogP contribution is 2.60. The summed E-state index contributed by atoms with van der Waals surface area (Å²) < 4.78 is 0. The number of hydroxylamine groups is 1. The number of carbonyl (C=O) groups is 3. The van der Waals surface area contributed by atoms with Gasteiger partial charge in [0.05, 0.1) is 16.3 Å². The van der Waals surface area contributed by atoms with E-state index in [1.54, 1.807) is 18.0 Å². The van der Waals surface area contributed by atoms with Crippen molar-refractivity contribution in [3.05, 3.63) is 74.8 Å². The number of allylic oxidation sites excluding steroid dienone is 1. The van der Waals surface area contributed by atoms with Crippen LogP contribution < -0.4 is 10.4 Å². The third kappa shape index (κ3) is 6.73. The van der Waals surface area contributed by atoms with E-state index in [1.807, 2.05) is 58.0 Å². The summed E-state index contributed by atoms with van der Waals surface area (Å²) in [6.45, 7) is 9.61. The summed E-state index contributed by atoms with van der Waals surface area (Å²) in [6.07, 6.45) is 4.17. The van der Waals surface area contributed by atoms with Crippen LogP contribution in [-0.2, 0) is 41.1 Å². The molecule has 2 aliphatic carbocycles. The number of benzene rings is 2. The van der Waals surface area contributed by atoms with Gasteiger partial charge in [0, 0.05) is 61.8 Å². The summed E-state index contributed by atoms with van der Waals surface area (Å²) in [5.74, 6) is -4.00. The molecule has 2 fully saturated rings. The fraction of sp³-hybridized carbons (Fsp3) is 0.564. The molecule has 0 bridgehead atoms. The smallest absolute Gasteiger partial charge is 0.372 e. The fourth-order valence-corrected chi connectivity index (χ4v) is 9.85. The summed E-state index contributed by atoms with van der Waals surface area (Å²) in [6, 6.07) is 9.86. The maximum Gasteiger partial charge on any atom is 0.372 e. The van der Waals surface area contributed by atoms with Crippen LogP contribution in [0.25, 0.3) is 0 Å². The molecule has 0 spiro atoms. The van der Waals surface area contributed by atoms with E-state index in [1.165, 1.54) is 5.06 Å². The van der Waals surface area contributed by atoms with Gasteiger partial charge in [-0.05, 0) is 61.3 Å². The minimum absolute atomic E-state index is 0.0398. The fourth-order valence-electron chi connectivity index (χ4n) is 9.31. The van der Waals surface area contributed by atoms with Crippen LogP contribution in [0.2, 0.25) is 10.0 Å². The Kier molecular flexibility index (Phi) is 11.1. The van der Waals surface area contributed by atoms with Gasteiger partial charge in [-0.2, -0.15) is 0 Å². The molecule has 4 aliphatic rings. The van der Waals surface area contributed by atoms with Crippen molar-refractivity contribution in [1.29, 1.82) is 0 Å². The van der Waals surface area contributed by atoms with Crippen LogP contribution >= 0.6 is 23.2 Å². The zero-order valence-corrected chi connectivity index (χ0v) is 32.0. The molecule has 2 aromatic carbocycles. The Balaban J connectivity index is 1.45. The van der Waals surface area contributed by atoms with Gasteiger partial charge in [0.1, 0.15) is 11.6 Å². The Morgan fingerprint density at radius 3 is 2.56 bits per heavy atom. The summed E-state index contributed by atoms with van der Waals surface area (Å²) >= 11 is 13.5. The van der Waals surface area contributed by atoms with Crippen LogP contribution in [0, 0.1) is 23.7 Å². The third-order valence-corrected chi connectivity index (χ3v) is 12.5. The predicted molar refractivity (Wildman–Crippen MR) is 196 cm³/mol. The molecule has 0 radical (unpaired) electrons. The van der Waals surface area contributed by atoms with Gasteiger partial charge >= 0.3 is 11.9 Å². The highest BCUT2D eigenvalue weighted by molar-refractivity contribution is 6.33. The molecule has 11 nitrogen and oxygen atoms in total. The molecule has 1 amide bonds. The van der Waals surface area contributed by atoms with Crippen molar-refractivity contribution in [2.75, 3.05) is 18.7 Å². The number of nitrogens with zero attached hydrogens (tertiary/aromatic N) is 2. The summed E-state index contributed by atoms with van der Waals surface area (Å²) in [4.78, 5) is 56.5. The highest BCUT2D eigenvalue weighted by Gasteiger charge is 2.68. The molecule has 2 heterocycles. The van der Waals surface area contributed by atoms with Crippen molar-refractivity contribution in [1.82, 2.24) is 10.2 Å². The third-order valence-electron chi connectivity index (χ3n) is 11.8. The molecule has 13 heteroatoms. The number of amides is 1. The Hall–Kier alpha value is -3.19. The molecule has 1 saturated heterocycles. The largest absolute Gasteiger partial charge is 0.389 e. The number of hydrogen-bond donors (Lipinski definition) is 3. The number of fused-ring (bicyclic) bond motifs is 4. The molecular weight excluding hydrogens is 709 g/mol. The lowest BCUT2D eigenvalue weighted by molar-refractivity contribution is -0.261. The summed E-state index contributed by atoms with van der Waals surface area (Å²) in [5.41, 5.74) is 0.264. The Bertz CT molecular complexity index is 1760. The van der Waals surface area contributed by atoms with Gasteiger partial charge in [-0.1, -0.05) is 86.3 Å². The number of nitrogens with one attached hydrogen (secondary N) is 1. The van der Waals surface area contributed by atoms with Crippen molar-refractivity contribution >= 4 is 46.7 Å². The molecule has 3 N–H and O–H groups in total. The summed E-state index contributed by atoms with van der Waals surface area (Å²) in [5, 5.41) is 31.6. The molecule has 1 saturated carbocycles. The van der Waals surface area contributed by atoms with Crippen molar-refractivity contribution in [3.63, 3.8) is 0 Å². The highest BCUT2D eigenvalue weighted by atomic mass is 35.5. The molecule has 282 valence electrons. The summed E-state index contributed by atoms with van der Waals surface area (Å²) in [7, 11) is 1.67. The first-order chi connectivity index (χ1) is 24.6. The van der Waals surface area contributed by atoms with Gasteiger partial charge in [-0.15, -0.1) is 0 Å². The van der Waals surface area contributed by atoms with Crippen LogP contribution in [0.4, 0.5) is 5.69 Å². The molecular formula is C39H49Cl2N3O8. The van der Waals surface area contributed by atoms with E-state index in [0.29, 0.717) is 47.2 Å². The molecule has 2 aromatic rings. The first kappa shape index (κ1) is 38.5. The Labute approximate surface area is 315 Å². The van der Waals surface area contributed by atoms with Crippen LogP contribution in [-0.4, -0.2) is 64.4 Å². The minimum Gasteiger partial charge on any atom is -0.389 e. The first-order valence-electron chi connectivity index (χ1n) is 18.1. The van der Waals surface area contributed by atoms with Crippen molar-refractivity contribution in [2.24, 2.45) is 23.7 Å². The SMILES string of the molecule is CCC(=O)N(Cc1ccccc1Cl)CC(C)c1cc(Cl)c2c(c1)[C@@]1(O)C(N[C@@H](C(=O)OOC(C)=O)[C@@H]1[C@@H]1CC(C)=C[C@@H]3CCC[C@@H](C)[C@@]31O)ON2C. The van der Waals surface area contributed by atoms with Crippen LogP contribution in [0.5, 0.6) is 0 Å². The zero-order valence-electron chi connectivity index (χ0n) is 30.5. The maximum atomic E-state index is 13.8. The first-order valence-corrected chi connectivity index (χ1v) is 18.9.